The van der Waals surface area contributed by atoms with Crippen LogP contribution in [0.4, 0.5) is 0 Å². The minimum Gasteiger partial charge on any atom is -0.335 e. The van der Waals surface area contributed by atoms with E-state index in [0.717, 1.165) is 10.8 Å². The maximum Gasteiger partial charge on any atom is 0.254 e. The van der Waals surface area contributed by atoms with Gasteiger partial charge in [-0.3, -0.25) is 14.2 Å². The topological polar surface area (TPSA) is 58.4 Å². The molecular weight excluding hydrogens is 384 g/mol. The molecule has 0 radical (unpaired) electrons. The van der Waals surface area contributed by atoms with Crippen molar-refractivity contribution in [2.24, 2.45) is 0 Å². The third-order valence-corrected chi connectivity index (χ3v) is 5.70. The molecule has 29 heavy (non-hydrogen) atoms. The number of rotatable bonds is 4. The maximum atomic E-state index is 13.0. The van der Waals surface area contributed by atoms with E-state index in [1.54, 1.807) is 18.0 Å². The van der Waals surface area contributed by atoms with Crippen LogP contribution in [-0.2, 0) is 0 Å². The van der Waals surface area contributed by atoms with E-state index in [0.29, 0.717) is 37.3 Å². The van der Waals surface area contributed by atoms with Gasteiger partial charge in [0.25, 0.3) is 11.8 Å². The molecule has 3 aromatic rings. The number of carbonyl (C=O) groups is 2. The summed E-state index contributed by atoms with van der Waals surface area (Å²) in [5.74, 6) is 0.00822. The van der Waals surface area contributed by atoms with Crippen LogP contribution < -0.4 is 0 Å². The molecule has 2 aromatic carbocycles. The van der Waals surface area contributed by atoms with Crippen molar-refractivity contribution in [1.29, 1.82) is 0 Å². The molecule has 6 nitrogen and oxygen atoms in total. The first-order valence-corrected chi connectivity index (χ1v) is 10.7. The first-order chi connectivity index (χ1) is 14.2. The van der Waals surface area contributed by atoms with Crippen LogP contribution in [0.15, 0.2) is 72.1 Å². The van der Waals surface area contributed by atoms with E-state index in [9.17, 15) is 9.59 Å². The standard InChI is InChI=1S/C22H22N4O2S/c1-29-22-23-10-11-26(22)19-9-5-8-18(16-19)21(28)25-14-12-24(13-15-25)20(27)17-6-3-2-4-7-17/h2-11,16H,12-15H2,1H3. The fourth-order valence-electron chi connectivity index (χ4n) is 3.48. The summed E-state index contributed by atoms with van der Waals surface area (Å²) in [5.41, 5.74) is 2.24. The molecule has 0 unspecified atom stereocenters. The molecule has 1 aliphatic heterocycles. The Kier molecular flexibility index (Phi) is 5.67. The van der Waals surface area contributed by atoms with Gasteiger partial charge in [0.1, 0.15) is 0 Å². The smallest absolute Gasteiger partial charge is 0.254 e. The predicted molar refractivity (Wildman–Crippen MR) is 114 cm³/mol. The van der Waals surface area contributed by atoms with E-state index in [-0.39, 0.29) is 11.8 Å². The lowest BCUT2D eigenvalue weighted by Crippen LogP contribution is -2.50. The molecule has 1 aliphatic rings. The number of aromatic nitrogens is 2. The van der Waals surface area contributed by atoms with E-state index in [1.807, 2.05) is 81.4 Å². The molecule has 2 amide bonds. The number of imidazole rings is 1. The van der Waals surface area contributed by atoms with E-state index in [2.05, 4.69) is 4.98 Å². The number of piperazine rings is 1. The molecule has 1 fully saturated rings. The number of hydrogen-bond donors (Lipinski definition) is 0. The first kappa shape index (κ1) is 19.3. The SMILES string of the molecule is CSc1nccn1-c1cccc(C(=O)N2CCN(C(=O)c3ccccc3)CC2)c1. The van der Waals surface area contributed by atoms with Gasteiger partial charge < -0.3 is 9.80 Å². The van der Waals surface area contributed by atoms with Crippen LogP contribution in [0, 0.1) is 0 Å². The number of nitrogens with zero attached hydrogens (tertiary/aromatic N) is 4. The monoisotopic (exact) mass is 406 g/mol. The summed E-state index contributed by atoms with van der Waals surface area (Å²) in [6.07, 6.45) is 5.62. The Labute approximate surface area is 174 Å². The molecule has 0 spiro atoms. The number of thioether (sulfide) groups is 1. The summed E-state index contributed by atoms with van der Waals surface area (Å²) in [6, 6.07) is 16.9. The number of amides is 2. The van der Waals surface area contributed by atoms with E-state index >= 15 is 0 Å². The highest BCUT2D eigenvalue weighted by atomic mass is 32.2. The average molecular weight is 407 g/mol. The molecule has 2 heterocycles. The van der Waals surface area contributed by atoms with E-state index < -0.39 is 0 Å². The molecule has 0 aliphatic carbocycles. The fraction of sp³-hybridized carbons (Fsp3) is 0.227. The second kappa shape index (κ2) is 8.53. The molecule has 0 saturated carbocycles. The number of hydrogen-bond acceptors (Lipinski definition) is 4. The maximum absolute atomic E-state index is 13.0. The van der Waals surface area contributed by atoms with E-state index in [1.165, 1.54) is 0 Å². The van der Waals surface area contributed by atoms with Gasteiger partial charge in [-0.2, -0.15) is 0 Å². The summed E-state index contributed by atoms with van der Waals surface area (Å²) in [7, 11) is 0. The van der Waals surface area contributed by atoms with Crippen LogP contribution in [0.5, 0.6) is 0 Å². The van der Waals surface area contributed by atoms with Crippen LogP contribution in [0.2, 0.25) is 0 Å². The zero-order chi connectivity index (χ0) is 20.2. The Morgan fingerprint density at radius 3 is 2.14 bits per heavy atom. The van der Waals surface area contributed by atoms with Crippen molar-refractivity contribution >= 4 is 23.6 Å². The quantitative estimate of drug-likeness (QED) is 0.625. The van der Waals surface area contributed by atoms with Gasteiger partial charge >= 0.3 is 0 Å². The molecule has 4 rings (SSSR count). The minimum atomic E-state index is -0.00974. The zero-order valence-corrected chi connectivity index (χ0v) is 17.0. The van der Waals surface area contributed by atoms with Gasteiger partial charge in [-0.25, -0.2) is 4.98 Å². The highest BCUT2D eigenvalue weighted by Gasteiger charge is 2.25. The van der Waals surface area contributed by atoms with Crippen LogP contribution in [0.3, 0.4) is 0 Å². The van der Waals surface area contributed by atoms with Gasteiger partial charge in [0.05, 0.1) is 0 Å². The molecule has 1 aromatic heterocycles. The van der Waals surface area contributed by atoms with Crippen molar-refractivity contribution in [3.8, 4) is 5.69 Å². The van der Waals surface area contributed by atoms with Crippen molar-refractivity contribution < 1.29 is 9.59 Å². The summed E-state index contributed by atoms with van der Waals surface area (Å²) >= 11 is 1.56. The lowest BCUT2D eigenvalue weighted by atomic mass is 10.1. The lowest BCUT2D eigenvalue weighted by Gasteiger charge is -2.35. The van der Waals surface area contributed by atoms with Gasteiger partial charge in [0, 0.05) is 55.4 Å². The molecule has 0 atom stereocenters. The Balaban J connectivity index is 1.44. The third-order valence-electron chi connectivity index (χ3n) is 5.04. The summed E-state index contributed by atoms with van der Waals surface area (Å²) in [6.45, 7) is 2.14. The lowest BCUT2D eigenvalue weighted by molar-refractivity contribution is 0.0535. The second-order valence-corrected chi connectivity index (χ2v) is 7.56. The molecule has 1 saturated heterocycles. The van der Waals surface area contributed by atoms with Crippen molar-refractivity contribution in [3.63, 3.8) is 0 Å². The molecule has 7 heteroatoms. The van der Waals surface area contributed by atoms with Gasteiger partial charge in [-0.15, -0.1) is 0 Å². The van der Waals surface area contributed by atoms with Gasteiger partial charge in [0.2, 0.25) is 0 Å². The fourth-order valence-corrected chi connectivity index (χ4v) is 4.01. The normalized spacial score (nSPS) is 14.1. The molecular formula is C22H22N4O2S. The molecule has 0 N–H and O–H groups in total. The van der Waals surface area contributed by atoms with Crippen LogP contribution in [0.1, 0.15) is 20.7 Å². The molecule has 148 valence electrons. The summed E-state index contributed by atoms with van der Waals surface area (Å²) in [5, 5.41) is 0.877. The second-order valence-electron chi connectivity index (χ2n) is 6.78. The average Bonchev–Trinajstić information content (AvgIpc) is 3.28. The van der Waals surface area contributed by atoms with Crippen LogP contribution in [0.25, 0.3) is 5.69 Å². The van der Waals surface area contributed by atoms with Crippen LogP contribution >= 0.6 is 11.8 Å². The highest BCUT2D eigenvalue weighted by Crippen LogP contribution is 2.20. The highest BCUT2D eigenvalue weighted by molar-refractivity contribution is 7.98. The number of carbonyl (C=O) groups excluding carboxylic acids is 2. The molecule has 0 bridgehead atoms. The summed E-state index contributed by atoms with van der Waals surface area (Å²) < 4.78 is 1.97. The Bertz CT molecular complexity index is 1010. The van der Waals surface area contributed by atoms with Gasteiger partial charge in [-0.05, 0) is 36.6 Å². The van der Waals surface area contributed by atoms with Crippen molar-refractivity contribution in [2.45, 2.75) is 5.16 Å². The van der Waals surface area contributed by atoms with E-state index in [4.69, 9.17) is 0 Å². The van der Waals surface area contributed by atoms with Crippen molar-refractivity contribution in [3.05, 3.63) is 78.1 Å². The van der Waals surface area contributed by atoms with Crippen LogP contribution in [-0.4, -0.2) is 63.6 Å². The Morgan fingerprint density at radius 2 is 1.48 bits per heavy atom. The van der Waals surface area contributed by atoms with Gasteiger partial charge in [0.15, 0.2) is 5.16 Å². The van der Waals surface area contributed by atoms with Gasteiger partial charge in [-0.1, -0.05) is 36.0 Å². The largest absolute Gasteiger partial charge is 0.335 e. The minimum absolute atomic E-state index is 0.00974. The zero-order valence-electron chi connectivity index (χ0n) is 16.2. The van der Waals surface area contributed by atoms with Crippen molar-refractivity contribution in [2.75, 3.05) is 32.4 Å². The predicted octanol–water partition coefficient (Wildman–Crippen LogP) is 3.19. The summed E-state index contributed by atoms with van der Waals surface area (Å²) in [4.78, 5) is 33.6. The Hall–Kier alpha value is -3.06. The number of benzene rings is 2. The first-order valence-electron chi connectivity index (χ1n) is 9.49. The third kappa shape index (κ3) is 4.05. The van der Waals surface area contributed by atoms with Crippen molar-refractivity contribution in [1.82, 2.24) is 19.4 Å². The Morgan fingerprint density at radius 1 is 0.862 bits per heavy atom.